The molecule has 0 spiro atoms. The molecule has 2 aliphatic rings. The van der Waals surface area contributed by atoms with Crippen LogP contribution in [0.15, 0.2) is 48.5 Å². The molecule has 5 heteroatoms. The van der Waals surface area contributed by atoms with Gasteiger partial charge in [-0.3, -0.25) is 4.79 Å². The van der Waals surface area contributed by atoms with Crippen molar-refractivity contribution in [3.05, 3.63) is 54.1 Å². The minimum absolute atomic E-state index is 0.0285. The van der Waals surface area contributed by atoms with Crippen LogP contribution < -0.4 is 15.1 Å². The molecule has 0 bridgehead atoms. The highest BCUT2D eigenvalue weighted by atomic mass is 16.5. The van der Waals surface area contributed by atoms with E-state index in [-0.39, 0.29) is 11.9 Å². The van der Waals surface area contributed by atoms with Gasteiger partial charge in [0.1, 0.15) is 6.04 Å². The van der Waals surface area contributed by atoms with Crippen LogP contribution in [-0.4, -0.2) is 44.8 Å². The van der Waals surface area contributed by atoms with Crippen LogP contribution in [0.25, 0.3) is 0 Å². The second-order valence-corrected chi connectivity index (χ2v) is 6.88. The molecule has 1 saturated heterocycles. The van der Waals surface area contributed by atoms with Crippen LogP contribution in [0.5, 0.6) is 0 Å². The Morgan fingerprint density at radius 1 is 1.04 bits per heavy atom. The minimum Gasteiger partial charge on any atom is -0.378 e. The van der Waals surface area contributed by atoms with Gasteiger partial charge in [-0.1, -0.05) is 18.2 Å². The summed E-state index contributed by atoms with van der Waals surface area (Å²) >= 11 is 0. The molecule has 1 fully saturated rings. The Bertz CT molecular complexity index is 769. The van der Waals surface area contributed by atoms with Gasteiger partial charge in [0.2, 0.25) is 5.91 Å². The largest absolute Gasteiger partial charge is 0.378 e. The van der Waals surface area contributed by atoms with Crippen molar-refractivity contribution >= 4 is 23.0 Å². The zero-order valence-corrected chi connectivity index (χ0v) is 15.1. The van der Waals surface area contributed by atoms with Gasteiger partial charge in [-0.25, -0.2) is 0 Å². The van der Waals surface area contributed by atoms with Crippen molar-refractivity contribution in [2.75, 3.05) is 48.0 Å². The number of nitrogens with one attached hydrogen (secondary N) is 1. The third-order valence-corrected chi connectivity index (χ3v) is 5.28. The third kappa shape index (κ3) is 3.40. The first kappa shape index (κ1) is 16.9. The topological polar surface area (TPSA) is 44.8 Å². The van der Waals surface area contributed by atoms with Crippen molar-refractivity contribution in [1.29, 1.82) is 0 Å². The minimum atomic E-state index is -0.197. The van der Waals surface area contributed by atoms with Crippen molar-refractivity contribution < 1.29 is 9.53 Å². The summed E-state index contributed by atoms with van der Waals surface area (Å²) < 4.78 is 5.39. The molecule has 2 aromatic rings. The Balaban J connectivity index is 1.40. The fourth-order valence-electron chi connectivity index (χ4n) is 3.73. The molecule has 0 aliphatic carbocycles. The number of nitrogens with zero attached hydrogens (tertiary/aromatic N) is 2. The van der Waals surface area contributed by atoms with Crippen LogP contribution in [0.4, 0.5) is 17.1 Å². The van der Waals surface area contributed by atoms with E-state index in [1.807, 2.05) is 25.1 Å². The van der Waals surface area contributed by atoms with Crippen LogP contribution >= 0.6 is 0 Å². The van der Waals surface area contributed by atoms with Crippen molar-refractivity contribution in [1.82, 2.24) is 0 Å². The Hall–Kier alpha value is -2.53. The molecule has 2 aromatic carbocycles. The lowest BCUT2D eigenvalue weighted by Gasteiger charge is -2.29. The number of fused-ring (bicyclic) bond motifs is 1. The van der Waals surface area contributed by atoms with E-state index in [0.717, 1.165) is 45.0 Å². The van der Waals surface area contributed by atoms with Gasteiger partial charge in [-0.2, -0.15) is 0 Å². The van der Waals surface area contributed by atoms with Gasteiger partial charge in [0, 0.05) is 36.7 Å². The number of morpholine rings is 1. The van der Waals surface area contributed by atoms with E-state index in [1.165, 1.54) is 16.9 Å². The number of hydrogen-bond acceptors (Lipinski definition) is 4. The van der Waals surface area contributed by atoms with E-state index in [2.05, 4.69) is 45.4 Å². The van der Waals surface area contributed by atoms with Gasteiger partial charge in [0.25, 0.3) is 0 Å². The fraction of sp³-hybridized carbons (Fsp3) is 0.381. The molecule has 136 valence electrons. The van der Waals surface area contributed by atoms with E-state index < -0.39 is 0 Å². The molecular weight excluding hydrogens is 326 g/mol. The predicted molar refractivity (Wildman–Crippen MR) is 105 cm³/mol. The summed E-state index contributed by atoms with van der Waals surface area (Å²) in [5, 5.41) is 3.06. The van der Waals surface area contributed by atoms with Crippen LogP contribution in [0.3, 0.4) is 0 Å². The van der Waals surface area contributed by atoms with Crippen molar-refractivity contribution in [2.24, 2.45) is 0 Å². The Morgan fingerprint density at radius 3 is 2.54 bits per heavy atom. The van der Waals surface area contributed by atoms with E-state index in [9.17, 15) is 4.79 Å². The number of amides is 1. The van der Waals surface area contributed by atoms with Crippen LogP contribution in [0.1, 0.15) is 12.5 Å². The number of hydrogen-bond donors (Lipinski definition) is 1. The smallest absolute Gasteiger partial charge is 0.246 e. The van der Waals surface area contributed by atoms with Gasteiger partial charge in [-0.05, 0) is 49.2 Å². The number of para-hydroxylation sites is 1. The van der Waals surface area contributed by atoms with E-state index in [4.69, 9.17) is 4.74 Å². The summed E-state index contributed by atoms with van der Waals surface area (Å²) in [5.74, 6) is 0.0285. The number of ether oxygens (including phenoxy) is 1. The first-order valence-electron chi connectivity index (χ1n) is 9.30. The van der Waals surface area contributed by atoms with Gasteiger partial charge >= 0.3 is 0 Å². The summed E-state index contributed by atoms with van der Waals surface area (Å²) in [4.78, 5) is 17.2. The van der Waals surface area contributed by atoms with E-state index >= 15 is 0 Å². The Kier molecular flexibility index (Phi) is 4.80. The first-order valence-corrected chi connectivity index (χ1v) is 9.30. The molecular formula is C21H25N3O2. The molecule has 1 atom stereocenters. The Labute approximate surface area is 154 Å². The standard InChI is InChI=1S/C21H25N3O2/c1-16(24-11-10-17-4-2-3-5-20(17)24)21(25)22-18-6-8-19(9-7-18)23-12-14-26-15-13-23/h2-9,16H,10-15H2,1H3,(H,22,25)/t16-/m0/s1. The van der Waals surface area contributed by atoms with Gasteiger partial charge in [0.15, 0.2) is 0 Å². The molecule has 0 saturated carbocycles. The van der Waals surface area contributed by atoms with Gasteiger partial charge in [0.05, 0.1) is 13.2 Å². The number of carbonyl (C=O) groups excluding carboxylic acids is 1. The summed E-state index contributed by atoms with van der Waals surface area (Å²) in [6.45, 7) is 6.23. The van der Waals surface area contributed by atoms with Crippen LogP contribution in [-0.2, 0) is 16.0 Å². The number of benzene rings is 2. The number of anilines is 3. The lowest BCUT2D eigenvalue weighted by molar-refractivity contribution is -0.117. The zero-order chi connectivity index (χ0) is 17.9. The number of rotatable bonds is 4. The van der Waals surface area contributed by atoms with Gasteiger partial charge in [-0.15, -0.1) is 0 Å². The monoisotopic (exact) mass is 351 g/mol. The molecule has 4 rings (SSSR count). The summed E-state index contributed by atoms with van der Waals surface area (Å²) in [7, 11) is 0. The van der Waals surface area contributed by atoms with Crippen LogP contribution in [0.2, 0.25) is 0 Å². The quantitative estimate of drug-likeness (QED) is 0.920. The maximum Gasteiger partial charge on any atom is 0.246 e. The van der Waals surface area contributed by atoms with Crippen molar-refractivity contribution in [3.63, 3.8) is 0 Å². The van der Waals surface area contributed by atoms with Crippen LogP contribution in [0, 0.1) is 0 Å². The second-order valence-electron chi connectivity index (χ2n) is 6.88. The molecule has 0 radical (unpaired) electrons. The van der Waals surface area contributed by atoms with Crippen molar-refractivity contribution in [2.45, 2.75) is 19.4 Å². The van der Waals surface area contributed by atoms with E-state index in [0.29, 0.717) is 0 Å². The molecule has 1 amide bonds. The molecule has 1 N–H and O–H groups in total. The molecule has 26 heavy (non-hydrogen) atoms. The summed E-state index contributed by atoms with van der Waals surface area (Å²) in [5.41, 5.74) is 4.51. The zero-order valence-electron chi connectivity index (χ0n) is 15.1. The Morgan fingerprint density at radius 2 is 1.77 bits per heavy atom. The predicted octanol–water partition coefficient (Wildman–Crippen LogP) is 2.91. The molecule has 2 aliphatic heterocycles. The molecule has 2 heterocycles. The number of carbonyl (C=O) groups is 1. The fourth-order valence-corrected chi connectivity index (χ4v) is 3.73. The van der Waals surface area contributed by atoms with Crippen molar-refractivity contribution in [3.8, 4) is 0 Å². The van der Waals surface area contributed by atoms with Gasteiger partial charge < -0.3 is 19.9 Å². The third-order valence-electron chi connectivity index (χ3n) is 5.28. The maximum atomic E-state index is 12.7. The summed E-state index contributed by atoms with van der Waals surface area (Å²) in [6, 6.07) is 16.2. The van der Waals surface area contributed by atoms with E-state index in [1.54, 1.807) is 0 Å². The average molecular weight is 351 g/mol. The highest BCUT2D eigenvalue weighted by Crippen LogP contribution is 2.29. The molecule has 5 nitrogen and oxygen atoms in total. The maximum absolute atomic E-state index is 12.7. The second kappa shape index (κ2) is 7.38. The lowest BCUT2D eigenvalue weighted by Crippen LogP contribution is -2.41. The molecule has 0 aromatic heterocycles. The molecule has 0 unspecified atom stereocenters. The highest BCUT2D eigenvalue weighted by Gasteiger charge is 2.27. The summed E-state index contributed by atoms with van der Waals surface area (Å²) in [6.07, 6.45) is 1.00. The lowest BCUT2D eigenvalue weighted by atomic mass is 10.1. The first-order chi connectivity index (χ1) is 12.7. The normalized spacial score (nSPS) is 17.7. The highest BCUT2D eigenvalue weighted by molar-refractivity contribution is 5.97. The SMILES string of the molecule is C[C@@H](C(=O)Nc1ccc(N2CCOCC2)cc1)N1CCc2ccccc21. The average Bonchev–Trinajstić information content (AvgIpc) is 3.13.